The molecule has 312 valence electrons. The van der Waals surface area contributed by atoms with Crippen LogP contribution in [0.1, 0.15) is 112 Å². The Hall–Kier alpha value is -5.55. The Morgan fingerprint density at radius 3 is 1.69 bits per heavy atom. The van der Waals surface area contributed by atoms with Gasteiger partial charge in [0, 0.05) is 56.3 Å². The molecule has 0 radical (unpaired) electrons. The highest BCUT2D eigenvalue weighted by Crippen LogP contribution is 2.48. The number of carbonyl (C=O) groups is 3. The lowest BCUT2D eigenvalue weighted by Gasteiger charge is -2.34. The number of benzene rings is 5. The minimum absolute atomic E-state index is 0.0281. The van der Waals surface area contributed by atoms with Crippen molar-refractivity contribution in [3.8, 4) is 11.1 Å². The quantitative estimate of drug-likeness (QED) is 0.139. The van der Waals surface area contributed by atoms with Crippen molar-refractivity contribution in [2.45, 2.75) is 81.9 Å². The van der Waals surface area contributed by atoms with Crippen LogP contribution in [0.4, 0.5) is 0 Å². The predicted molar refractivity (Wildman–Crippen MR) is 239 cm³/mol. The van der Waals surface area contributed by atoms with Gasteiger partial charge >= 0.3 is 13.1 Å². The Kier molecular flexibility index (Phi) is 11.9. The first-order chi connectivity index (χ1) is 29.8. The summed E-state index contributed by atoms with van der Waals surface area (Å²) in [6.07, 6.45) is 7.25. The molecule has 61 heavy (non-hydrogen) atoms. The number of carbonyl (C=O) groups excluding carboxylic acids is 3. The topological polar surface area (TPSA) is 128 Å². The summed E-state index contributed by atoms with van der Waals surface area (Å²) in [4.78, 5) is 46.1. The molecule has 9 rings (SSSR count). The summed E-state index contributed by atoms with van der Waals surface area (Å²) in [7, 11) is -0.930. The van der Waals surface area contributed by atoms with E-state index in [4.69, 9.17) is 20.8 Å². The third-order valence-corrected chi connectivity index (χ3v) is 13.8. The normalized spacial score (nSPS) is 20.3. The van der Waals surface area contributed by atoms with Gasteiger partial charge in [-0.15, -0.1) is 0 Å². The number of hydrogen-bond acceptors (Lipinski definition) is 7. The molecule has 5 aromatic rings. The van der Waals surface area contributed by atoms with Crippen LogP contribution in [0.15, 0.2) is 121 Å². The number of hydrogen-bond donors (Lipinski definition) is 2. The third-order valence-electron chi connectivity index (χ3n) is 13.8. The minimum Gasteiger partial charge on any atom is -0.503 e. The summed E-state index contributed by atoms with van der Waals surface area (Å²) in [6.45, 7) is 3.75. The van der Waals surface area contributed by atoms with Crippen molar-refractivity contribution in [2.75, 3.05) is 26.2 Å². The van der Waals surface area contributed by atoms with Gasteiger partial charge in [-0.3, -0.25) is 14.4 Å². The molecule has 0 unspecified atom stereocenters. The highest BCUT2D eigenvalue weighted by atomic mass is 16.7. The monoisotopic (exact) mass is 814 g/mol. The van der Waals surface area contributed by atoms with Crippen molar-refractivity contribution in [3.05, 3.63) is 160 Å². The molecule has 0 bridgehead atoms. The smallest absolute Gasteiger partial charge is 0.503 e. The van der Waals surface area contributed by atoms with Gasteiger partial charge in [-0.2, -0.15) is 0 Å². The highest BCUT2D eigenvalue weighted by molar-refractivity contribution is 6.64. The molecule has 1 atom stereocenters. The lowest BCUT2D eigenvalue weighted by Crippen LogP contribution is -2.42. The van der Waals surface area contributed by atoms with E-state index < -0.39 is 18.7 Å². The van der Waals surface area contributed by atoms with Crippen LogP contribution in [0, 0.1) is 5.92 Å². The fourth-order valence-electron chi connectivity index (χ4n) is 10.3. The Labute approximate surface area is 359 Å². The Morgan fingerprint density at radius 1 is 0.607 bits per heavy atom. The second-order valence-electron chi connectivity index (χ2n) is 17.4. The van der Waals surface area contributed by atoms with E-state index in [1.165, 1.54) is 11.1 Å². The fraction of sp³-hybridized carbons (Fsp3) is 0.353. The van der Waals surface area contributed by atoms with Crippen molar-refractivity contribution in [1.82, 2.24) is 9.80 Å². The predicted octanol–water partition coefficient (Wildman–Crippen LogP) is 7.66. The lowest BCUT2D eigenvalue weighted by molar-refractivity contribution is -0.148. The van der Waals surface area contributed by atoms with E-state index in [1.54, 1.807) is 0 Å². The molecule has 3 aliphatic heterocycles. The van der Waals surface area contributed by atoms with E-state index in [0.717, 1.165) is 79.1 Å². The van der Waals surface area contributed by atoms with Crippen LogP contribution in [0.25, 0.3) is 11.1 Å². The number of piperidine rings is 2. The number of likely N-dealkylation sites (tertiary alicyclic amines) is 2. The third kappa shape index (κ3) is 8.29. The Morgan fingerprint density at radius 2 is 1.11 bits per heavy atom. The molecule has 1 aliphatic carbocycles. The summed E-state index contributed by atoms with van der Waals surface area (Å²) in [5, 5.41) is 0. The second kappa shape index (κ2) is 17.8. The summed E-state index contributed by atoms with van der Waals surface area (Å²) >= 11 is 0. The molecule has 10 heteroatoms. The molecule has 2 amide bonds. The molecule has 3 heterocycles. The van der Waals surface area contributed by atoms with Crippen LogP contribution in [0.2, 0.25) is 0 Å². The maximum absolute atomic E-state index is 14.3. The molecular formula is C51H55BN4O5. The van der Waals surface area contributed by atoms with Gasteiger partial charge in [-0.05, 0) is 119 Å². The molecule has 4 fully saturated rings. The molecule has 0 spiro atoms. The maximum Gasteiger partial charge on any atom is 0.565 e. The second-order valence-corrected chi connectivity index (χ2v) is 17.4. The van der Waals surface area contributed by atoms with Gasteiger partial charge in [-0.25, -0.2) is 0 Å². The van der Waals surface area contributed by atoms with E-state index >= 15 is 0 Å². The van der Waals surface area contributed by atoms with Gasteiger partial charge in [0.2, 0.25) is 0 Å². The fourth-order valence-corrected chi connectivity index (χ4v) is 10.3. The van der Waals surface area contributed by atoms with E-state index in [2.05, 4.69) is 48.5 Å². The van der Waals surface area contributed by atoms with Crippen LogP contribution in [0.3, 0.4) is 0 Å². The number of nitrogens with zero attached hydrogens (tertiary/aromatic N) is 2. The van der Waals surface area contributed by atoms with Crippen molar-refractivity contribution >= 4 is 30.4 Å². The van der Waals surface area contributed by atoms with Gasteiger partial charge in [0.05, 0.1) is 0 Å². The van der Waals surface area contributed by atoms with E-state index in [-0.39, 0.29) is 17.7 Å². The average Bonchev–Trinajstić information content (AvgIpc) is 4.00. The largest absolute Gasteiger partial charge is 0.565 e. The Balaban J connectivity index is 0.902. The molecule has 5 aromatic carbocycles. The first-order valence-electron chi connectivity index (χ1n) is 22.2. The Bertz CT molecular complexity index is 2400. The van der Waals surface area contributed by atoms with Crippen molar-refractivity contribution in [1.29, 1.82) is 0 Å². The number of nitrogens with two attached hydrogens (primary N) is 2. The minimum atomic E-state index is -1.33. The van der Waals surface area contributed by atoms with E-state index in [0.29, 0.717) is 67.8 Å². The van der Waals surface area contributed by atoms with Gasteiger partial charge in [0.15, 0.2) is 5.60 Å². The molecule has 4 aliphatic rings. The zero-order valence-electron chi connectivity index (χ0n) is 34.8. The summed E-state index contributed by atoms with van der Waals surface area (Å²) in [5.74, 6) is 0.295. The van der Waals surface area contributed by atoms with Crippen LogP contribution >= 0.6 is 0 Å². The van der Waals surface area contributed by atoms with Crippen molar-refractivity contribution in [2.24, 2.45) is 17.4 Å². The molecule has 3 saturated heterocycles. The number of rotatable bonds is 10. The summed E-state index contributed by atoms with van der Waals surface area (Å²) in [6, 6.07) is 40.1. The van der Waals surface area contributed by atoms with E-state index in [1.807, 2.05) is 82.6 Å². The van der Waals surface area contributed by atoms with Gasteiger partial charge in [0.25, 0.3) is 11.8 Å². The summed E-state index contributed by atoms with van der Waals surface area (Å²) < 4.78 is 13.1. The average molecular weight is 815 g/mol. The SMILES string of the molecule is NCc1cccc(C2CCN(C(=O)c3cccc(-c4cccc(B5OC(=O)[C@](c6cccc(C(=O)N7CCC(c8cccc(CN)c8)CC7)c6)(C6CCCC6)O5)c4)c3)CC2)c1. The molecule has 4 N–H and O–H groups in total. The van der Waals surface area contributed by atoms with Crippen LogP contribution < -0.4 is 16.9 Å². The van der Waals surface area contributed by atoms with Crippen LogP contribution in [0.5, 0.6) is 0 Å². The van der Waals surface area contributed by atoms with Gasteiger partial charge in [-0.1, -0.05) is 110 Å². The van der Waals surface area contributed by atoms with Gasteiger partial charge < -0.3 is 30.6 Å². The summed E-state index contributed by atoms with van der Waals surface area (Å²) in [5.41, 5.74) is 19.7. The van der Waals surface area contributed by atoms with Crippen molar-refractivity contribution in [3.63, 3.8) is 0 Å². The zero-order valence-corrected chi connectivity index (χ0v) is 34.8. The lowest BCUT2D eigenvalue weighted by atomic mass is 9.75. The standard InChI is InChI=1S/C51H55BN4O5/c53-33-35-8-3-10-39(28-35)37-20-24-55(25-21-37)48(57)43-14-5-12-41(30-43)42-13-7-19-47(32-42)52-60-50(59)51(61-52,45-16-1-2-17-45)46-18-6-15-44(31-46)49(58)56-26-22-38(23-27-56)40-11-4-9-36(29-40)34-54/h3-15,18-19,28-32,37-38,45H,1-2,16-17,20-27,33-34,53-54H2/t51-/m1/s1. The highest BCUT2D eigenvalue weighted by Gasteiger charge is 2.59. The van der Waals surface area contributed by atoms with Crippen molar-refractivity contribution < 1.29 is 23.7 Å². The van der Waals surface area contributed by atoms with E-state index in [9.17, 15) is 14.4 Å². The molecular weight excluding hydrogens is 759 g/mol. The maximum atomic E-state index is 14.3. The zero-order chi connectivity index (χ0) is 41.9. The first kappa shape index (κ1) is 40.8. The van der Waals surface area contributed by atoms with Crippen LogP contribution in [-0.2, 0) is 32.8 Å². The molecule has 0 aromatic heterocycles. The first-order valence-corrected chi connectivity index (χ1v) is 22.2. The van der Waals surface area contributed by atoms with Gasteiger partial charge in [0.1, 0.15) is 0 Å². The molecule has 9 nitrogen and oxygen atoms in total. The number of amides is 2. The van der Waals surface area contributed by atoms with Crippen LogP contribution in [-0.4, -0.2) is 60.9 Å². The molecule has 1 saturated carbocycles.